The molecule has 100 valence electrons. The van der Waals surface area contributed by atoms with E-state index >= 15 is 0 Å². The molecule has 0 spiro atoms. The third kappa shape index (κ3) is 3.45. The van der Waals surface area contributed by atoms with Gasteiger partial charge in [0, 0.05) is 31.7 Å². The summed E-state index contributed by atoms with van der Waals surface area (Å²) in [5.74, 6) is 1.73. The summed E-state index contributed by atoms with van der Waals surface area (Å²) in [4.78, 5) is 2.71. The van der Waals surface area contributed by atoms with E-state index in [-0.39, 0.29) is 0 Å². The van der Waals surface area contributed by atoms with Gasteiger partial charge in [0.15, 0.2) is 0 Å². The summed E-state index contributed by atoms with van der Waals surface area (Å²) < 4.78 is 0. The largest absolute Gasteiger partial charge is 0.311 e. The Labute approximate surface area is 107 Å². The minimum absolute atomic E-state index is 0.739. The van der Waals surface area contributed by atoms with Crippen molar-refractivity contribution in [3.8, 4) is 0 Å². The molecule has 0 aromatic rings. The van der Waals surface area contributed by atoms with Gasteiger partial charge in [-0.25, -0.2) is 0 Å². The quantitative estimate of drug-likeness (QED) is 0.813. The van der Waals surface area contributed by atoms with Gasteiger partial charge in [-0.1, -0.05) is 33.1 Å². The Kier molecular flexibility index (Phi) is 4.87. The number of nitrogens with one attached hydrogen (secondary N) is 1. The van der Waals surface area contributed by atoms with E-state index in [0.29, 0.717) is 0 Å². The van der Waals surface area contributed by atoms with Gasteiger partial charge in [-0.2, -0.15) is 0 Å². The molecule has 2 rings (SSSR count). The second kappa shape index (κ2) is 6.19. The molecule has 2 nitrogen and oxygen atoms in total. The maximum Gasteiger partial charge on any atom is 0.0223 e. The summed E-state index contributed by atoms with van der Waals surface area (Å²) in [7, 11) is 0. The summed E-state index contributed by atoms with van der Waals surface area (Å²) in [6.07, 6.45) is 7.31. The van der Waals surface area contributed by atoms with Gasteiger partial charge in [0.1, 0.15) is 0 Å². The molecule has 1 saturated heterocycles. The van der Waals surface area contributed by atoms with Gasteiger partial charge in [0.2, 0.25) is 0 Å². The second-order valence-electron chi connectivity index (χ2n) is 6.44. The monoisotopic (exact) mass is 238 g/mol. The molecule has 2 aliphatic rings. The van der Waals surface area contributed by atoms with E-state index in [1.807, 2.05) is 0 Å². The van der Waals surface area contributed by atoms with Crippen LogP contribution < -0.4 is 5.32 Å². The van der Waals surface area contributed by atoms with Gasteiger partial charge >= 0.3 is 0 Å². The Balaban J connectivity index is 1.87. The first-order chi connectivity index (χ1) is 8.18. The Morgan fingerprint density at radius 3 is 2.41 bits per heavy atom. The van der Waals surface area contributed by atoms with Crippen LogP contribution in [0, 0.1) is 11.8 Å². The molecule has 1 aliphatic carbocycles. The van der Waals surface area contributed by atoms with Gasteiger partial charge in [0.25, 0.3) is 0 Å². The molecule has 0 aromatic heterocycles. The second-order valence-corrected chi connectivity index (χ2v) is 6.44. The lowest BCUT2D eigenvalue weighted by molar-refractivity contribution is 0.0948. The SMILES string of the molecule is CC(C)C(C)N1CCNC(C2CCCCC2)C1. The zero-order valence-electron chi connectivity index (χ0n) is 11.9. The highest BCUT2D eigenvalue weighted by Gasteiger charge is 2.30. The Hall–Kier alpha value is -0.0800. The number of nitrogens with zero attached hydrogens (tertiary/aromatic N) is 1. The Morgan fingerprint density at radius 1 is 1.06 bits per heavy atom. The molecule has 0 amide bonds. The molecule has 1 N–H and O–H groups in total. The summed E-state index contributed by atoms with van der Waals surface area (Å²) in [5, 5.41) is 3.77. The van der Waals surface area contributed by atoms with Crippen LogP contribution in [0.15, 0.2) is 0 Å². The van der Waals surface area contributed by atoms with Crippen LogP contribution in [0.1, 0.15) is 52.9 Å². The molecule has 0 radical (unpaired) electrons. The first-order valence-electron chi connectivity index (χ1n) is 7.66. The molecule has 0 aromatic carbocycles. The maximum absolute atomic E-state index is 3.77. The van der Waals surface area contributed by atoms with Crippen molar-refractivity contribution in [3.63, 3.8) is 0 Å². The first-order valence-corrected chi connectivity index (χ1v) is 7.66. The van der Waals surface area contributed by atoms with Gasteiger partial charge in [-0.3, -0.25) is 4.90 Å². The molecular weight excluding hydrogens is 208 g/mol. The fourth-order valence-corrected chi connectivity index (χ4v) is 3.45. The summed E-state index contributed by atoms with van der Waals surface area (Å²) >= 11 is 0. The van der Waals surface area contributed by atoms with Crippen LogP contribution >= 0.6 is 0 Å². The average molecular weight is 238 g/mol. The fourth-order valence-electron chi connectivity index (χ4n) is 3.45. The molecule has 2 unspecified atom stereocenters. The topological polar surface area (TPSA) is 15.3 Å². The van der Waals surface area contributed by atoms with Crippen molar-refractivity contribution in [1.82, 2.24) is 10.2 Å². The van der Waals surface area contributed by atoms with Crippen LogP contribution in [0.5, 0.6) is 0 Å². The molecule has 17 heavy (non-hydrogen) atoms. The van der Waals surface area contributed by atoms with Crippen LogP contribution in [-0.2, 0) is 0 Å². The molecule has 0 bridgehead atoms. The van der Waals surface area contributed by atoms with Crippen molar-refractivity contribution in [1.29, 1.82) is 0 Å². The summed E-state index contributed by atoms with van der Waals surface area (Å²) in [6.45, 7) is 10.8. The smallest absolute Gasteiger partial charge is 0.0223 e. The van der Waals surface area contributed by atoms with Crippen molar-refractivity contribution >= 4 is 0 Å². The lowest BCUT2D eigenvalue weighted by Crippen LogP contribution is -2.57. The minimum Gasteiger partial charge on any atom is -0.311 e. The first kappa shape index (κ1) is 13.4. The molecule has 2 fully saturated rings. The van der Waals surface area contributed by atoms with E-state index in [9.17, 15) is 0 Å². The van der Waals surface area contributed by atoms with Crippen molar-refractivity contribution in [2.24, 2.45) is 11.8 Å². The zero-order valence-corrected chi connectivity index (χ0v) is 11.9. The van der Waals surface area contributed by atoms with Gasteiger partial charge in [-0.15, -0.1) is 0 Å². The van der Waals surface area contributed by atoms with Crippen molar-refractivity contribution < 1.29 is 0 Å². The van der Waals surface area contributed by atoms with E-state index in [0.717, 1.165) is 23.9 Å². The molecule has 1 aliphatic heterocycles. The molecule has 2 heteroatoms. The zero-order chi connectivity index (χ0) is 12.3. The maximum atomic E-state index is 3.77. The number of rotatable bonds is 3. The molecule has 2 atom stereocenters. The predicted molar refractivity (Wildman–Crippen MR) is 74.2 cm³/mol. The molecule has 1 saturated carbocycles. The molecular formula is C15H30N2. The predicted octanol–water partition coefficient (Wildman–Crippen LogP) is 2.89. The van der Waals surface area contributed by atoms with Crippen molar-refractivity contribution in [2.45, 2.75) is 65.0 Å². The minimum atomic E-state index is 0.739. The average Bonchev–Trinajstić information content (AvgIpc) is 2.39. The van der Waals surface area contributed by atoms with Gasteiger partial charge in [0.05, 0.1) is 0 Å². The highest BCUT2D eigenvalue weighted by molar-refractivity contribution is 4.88. The Morgan fingerprint density at radius 2 is 1.76 bits per heavy atom. The fraction of sp³-hybridized carbons (Fsp3) is 1.00. The summed E-state index contributed by atoms with van der Waals surface area (Å²) in [6, 6.07) is 1.51. The van der Waals surface area contributed by atoms with Gasteiger partial charge in [-0.05, 0) is 31.6 Å². The lowest BCUT2D eigenvalue weighted by Gasteiger charge is -2.42. The highest BCUT2D eigenvalue weighted by atomic mass is 15.2. The number of hydrogen-bond donors (Lipinski definition) is 1. The summed E-state index contributed by atoms with van der Waals surface area (Å²) in [5.41, 5.74) is 0. The van der Waals surface area contributed by atoms with Crippen LogP contribution in [0.3, 0.4) is 0 Å². The van der Waals surface area contributed by atoms with Crippen LogP contribution in [0.4, 0.5) is 0 Å². The van der Waals surface area contributed by atoms with E-state index in [4.69, 9.17) is 0 Å². The Bertz CT molecular complexity index is 221. The van der Waals surface area contributed by atoms with Crippen LogP contribution in [0.2, 0.25) is 0 Å². The normalized spacial score (nSPS) is 30.7. The van der Waals surface area contributed by atoms with Gasteiger partial charge < -0.3 is 5.32 Å². The standard InChI is InChI=1S/C15H30N2/c1-12(2)13(3)17-10-9-16-15(11-17)14-7-5-4-6-8-14/h12-16H,4-11H2,1-3H3. The van der Waals surface area contributed by atoms with Crippen LogP contribution in [-0.4, -0.2) is 36.6 Å². The van der Waals surface area contributed by atoms with Crippen molar-refractivity contribution in [3.05, 3.63) is 0 Å². The number of piperazine rings is 1. The van der Waals surface area contributed by atoms with Crippen LogP contribution in [0.25, 0.3) is 0 Å². The number of hydrogen-bond acceptors (Lipinski definition) is 2. The third-order valence-electron chi connectivity index (χ3n) is 5.00. The lowest BCUT2D eigenvalue weighted by atomic mass is 9.83. The third-order valence-corrected chi connectivity index (χ3v) is 5.00. The highest BCUT2D eigenvalue weighted by Crippen LogP contribution is 2.28. The van der Waals surface area contributed by atoms with E-state index in [1.54, 1.807) is 0 Å². The van der Waals surface area contributed by atoms with E-state index in [2.05, 4.69) is 31.0 Å². The van der Waals surface area contributed by atoms with Crippen molar-refractivity contribution in [2.75, 3.05) is 19.6 Å². The molecule has 1 heterocycles. The van der Waals surface area contributed by atoms with E-state index in [1.165, 1.54) is 51.7 Å². The van der Waals surface area contributed by atoms with E-state index < -0.39 is 0 Å².